The number of sulfonamides is 1. The van der Waals surface area contributed by atoms with Gasteiger partial charge in [0.15, 0.2) is 6.29 Å². The lowest BCUT2D eigenvalue weighted by Gasteiger charge is -2.48. The van der Waals surface area contributed by atoms with Crippen LogP contribution in [-0.2, 0) is 36.1 Å². The first-order chi connectivity index (χ1) is 26.4. The number of rotatable bonds is 6. The fourth-order valence-electron chi connectivity index (χ4n) is 9.20. The predicted octanol–water partition coefficient (Wildman–Crippen LogP) is 6.98. The van der Waals surface area contributed by atoms with Crippen LogP contribution in [0.3, 0.4) is 0 Å². The molecule has 2 aromatic carbocycles. The number of methoxy groups -OCH3 is 1. The summed E-state index contributed by atoms with van der Waals surface area (Å²) in [6.07, 6.45) is 13.8. The number of nitrogens with one attached hydrogen (secondary N) is 1. The minimum absolute atomic E-state index is 0.0434. The van der Waals surface area contributed by atoms with Crippen molar-refractivity contribution in [1.29, 1.82) is 0 Å². The molecule has 0 radical (unpaired) electrons. The number of anilines is 1. The molecule has 2 aromatic rings. The average molecular weight is 798 g/mol. The Kier molecular flexibility index (Phi) is 13.7. The number of ether oxygens (including phenoxy) is 3. The second-order valence-electron chi connectivity index (χ2n) is 16.3. The van der Waals surface area contributed by atoms with Crippen molar-refractivity contribution < 1.29 is 32.2 Å². The number of allylic oxidation sites excluding steroid dienone is 1. The van der Waals surface area contributed by atoms with Gasteiger partial charge in [0.05, 0.1) is 24.2 Å². The first-order valence-corrected chi connectivity index (χ1v) is 22.2. The third-order valence-corrected chi connectivity index (χ3v) is 15.1. The Balaban J connectivity index is 0.000000403. The van der Waals surface area contributed by atoms with E-state index in [1.807, 2.05) is 25.1 Å². The fourth-order valence-corrected chi connectivity index (χ4v) is 10.7. The highest BCUT2D eigenvalue weighted by Crippen LogP contribution is 2.48. The van der Waals surface area contributed by atoms with Crippen LogP contribution in [-0.4, -0.2) is 96.0 Å². The lowest BCUT2D eigenvalue weighted by molar-refractivity contribution is -0.135. The van der Waals surface area contributed by atoms with E-state index in [4.69, 9.17) is 25.8 Å². The Hall–Kier alpha value is -2.96. The van der Waals surface area contributed by atoms with Crippen LogP contribution < -0.4 is 14.4 Å². The second-order valence-corrected chi connectivity index (χ2v) is 18.8. The molecule has 1 spiro atoms. The maximum Gasteiger partial charge on any atom is 0.264 e. The van der Waals surface area contributed by atoms with Crippen LogP contribution in [0.5, 0.6) is 5.75 Å². The average Bonchev–Trinajstić information content (AvgIpc) is 3.32. The number of benzene rings is 2. The summed E-state index contributed by atoms with van der Waals surface area (Å²) in [6.45, 7) is 12.7. The van der Waals surface area contributed by atoms with Gasteiger partial charge in [-0.25, -0.2) is 13.1 Å². The van der Waals surface area contributed by atoms with Crippen molar-refractivity contribution >= 4 is 39.5 Å². The molecule has 1 saturated carbocycles. The van der Waals surface area contributed by atoms with E-state index >= 15 is 0 Å². The third kappa shape index (κ3) is 9.27. The highest BCUT2D eigenvalue weighted by atomic mass is 35.5. The van der Waals surface area contributed by atoms with E-state index in [2.05, 4.69) is 33.6 Å². The Labute approximate surface area is 333 Å². The lowest BCUT2D eigenvalue weighted by atomic mass is 9.64. The molecule has 1 saturated heterocycles. The van der Waals surface area contributed by atoms with Crippen molar-refractivity contribution in [2.75, 3.05) is 64.6 Å². The molecule has 55 heavy (non-hydrogen) atoms. The highest BCUT2D eigenvalue weighted by Gasteiger charge is 2.49. The minimum atomic E-state index is -3.97. The van der Waals surface area contributed by atoms with Crippen molar-refractivity contribution in [2.45, 2.75) is 94.8 Å². The first kappa shape index (κ1) is 41.7. The number of fused-ring (bicyclic) bond motifs is 4. The topological polar surface area (TPSA) is 114 Å². The van der Waals surface area contributed by atoms with E-state index in [0.29, 0.717) is 36.9 Å². The van der Waals surface area contributed by atoms with Crippen LogP contribution in [0.4, 0.5) is 5.69 Å². The molecule has 2 fully saturated rings. The molecule has 2 aliphatic carbocycles. The maximum absolute atomic E-state index is 13.4. The number of nitrogens with zero attached hydrogens (tertiary/aromatic N) is 2. The number of aldehydes is 1. The van der Waals surface area contributed by atoms with Gasteiger partial charge in [0.2, 0.25) is 10.0 Å². The molecule has 5 aliphatic rings. The normalized spacial score (nSPS) is 31.2. The molecule has 10 nitrogen and oxygen atoms in total. The summed E-state index contributed by atoms with van der Waals surface area (Å²) in [7, 11) is -2.41. The smallest absolute Gasteiger partial charge is 0.264 e. The highest BCUT2D eigenvalue weighted by molar-refractivity contribution is 7.90. The van der Waals surface area contributed by atoms with Crippen molar-refractivity contribution in [1.82, 2.24) is 9.62 Å². The van der Waals surface area contributed by atoms with Gasteiger partial charge in [-0.3, -0.25) is 9.59 Å². The van der Waals surface area contributed by atoms with E-state index in [1.54, 1.807) is 32.2 Å². The van der Waals surface area contributed by atoms with Gasteiger partial charge in [-0.05, 0) is 138 Å². The van der Waals surface area contributed by atoms with Crippen LogP contribution in [0, 0.1) is 17.8 Å². The SMILES string of the molecule is CCOCCN1CCCCC1.CO[C@@]1(C=O)/C=C/C[C@H](C)[C@@H](C)S(=O)(=O)NC(=O)c2ccc3c(c2)N(C[C@@H]2CC[C@H]21)C[C@@]1(CCCc2cc(Cl)ccc21)CO3. The van der Waals surface area contributed by atoms with Crippen molar-refractivity contribution in [3.05, 3.63) is 70.3 Å². The molecule has 6 atom stereocenters. The number of hydrogen-bond acceptors (Lipinski definition) is 9. The van der Waals surface area contributed by atoms with Crippen LogP contribution in [0.2, 0.25) is 5.02 Å². The summed E-state index contributed by atoms with van der Waals surface area (Å²) >= 11 is 6.40. The molecular formula is C43H60ClN3O7S. The molecule has 0 aromatic heterocycles. The number of aryl methyl sites for hydroxylation is 1. The van der Waals surface area contributed by atoms with E-state index in [-0.39, 0.29) is 28.7 Å². The predicted molar refractivity (Wildman–Crippen MR) is 218 cm³/mol. The number of amides is 1. The molecule has 2 bridgehead atoms. The van der Waals surface area contributed by atoms with Gasteiger partial charge in [0, 0.05) is 55.3 Å². The van der Waals surface area contributed by atoms with Crippen LogP contribution in [0.25, 0.3) is 0 Å². The van der Waals surface area contributed by atoms with Crippen molar-refractivity contribution in [2.24, 2.45) is 17.8 Å². The number of halogens is 1. The molecule has 1 amide bonds. The summed E-state index contributed by atoms with van der Waals surface area (Å²) in [6, 6.07) is 11.3. The Morgan fingerprint density at radius 2 is 1.87 bits per heavy atom. The molecule has 3 heterocycles. The number of hydrogen-bond donors (Lipinski definition) is 1. The summed E-state index contributed by atoms with van der Waals surface area (Å²) in [5.41, 5.74) is 2.05. The van der Waals surface area contributed by atoms with Crippen LogP contribution >= 0.6 is 11.6 Å². The van der Waals surface area contributed by atoms with E-state index in [1.165, 1.54) is 43.5 Å². The van der Waals surface area contributed by atoms with Gasteiger partial charge < -0.3 is 24.0 Å². The van der Waals surface area contributed by atoms with Gasteiger partial charge in [0.1, 0.15) is 11.4 Å². The molecule has 7 rings (SSSR count). The monoisotopic (exact) mass is 797 g/mol. The second kappa shape index (κ2) is 18.1. The molecule has 1 N–H and O–H groups in total. The van der Waals surface area contributed by atoms with Gasteiger partial charge in [0.25, 0.3) is 5.91 Å². The zero-order valence-corrected chi connectivity index (χ0v) is 34.6. The zero-order valence-electron chi connectivity index (χ0n) is 33.1. The van der Waals surface area contributed by atoms with E-state index in [0.717, 1.165) is 63.8 Å². The molecule has 302 valence electrons. The first-order valence-electron chi connectivity index (χ1n) is 20.3. The van der Waals surface area contributed by atoms with Gasteiger partial charge in [-0.2, -0.15) is 0 Å². The fraction of sp³-hybridized carbons (Fsp3) is 0.628. The lowest BCUT2D eigenvalue weighted by Crippen LogP contribution is -2.53. The summed E-state index contributed by atoms with van der Waals surface area (Å²) in [5.74, 6) is -0.203. The van der Waals surface area contributed by atoms with Gasteiger partial charge in [-0.15, -0.1) is 0 Å². The quantitative estimate of drug-likeness (QED) is 0.188. The molecule has 3 aliphatic heterocycles. The summed E-state index contributed by atoms with van der Waals surface area (Å²) in [5, 5.41) is -0.123. The molecule has 0 unspecified atom stereocenters. The molecular weight excluding hydrogens is 738 g/mol. The van der Waals surface area contributed by atoms with Gasteiger partial charge >= 0.3 is 0 Å². The number of carbonyl (C=O) groups excluding carboxylic acids is 2. The van der Waals surface area contributed by atoms with Crippen molar-refractivity contribution in [3.63, 3.8) is 0 Å². The van der Waals surface area contributed by atoms with E-state index in [9.17, 15) is 18.0 Å². The Bertz CT molecular complexity index is 1800. The number of carbonyl (C=O) groups is 2. The standard InChI is InChI=1S/C34H41ClN2O6S.C9H19NO/c1-22-6-4-15-34(20-38,42-3)29-11-8-26(29)18-37-19-33(14-5-7-24-16-27(35)10-12-28(24)33)21-43-31-13-9-25(17-30(31)37)32(39)36-44(40,41)23(22)2;1-2-11-9-8-10-6-4-3-5-7-10/h4,9-10,12-13,15-17,20,22-23,26,29H,5-8,11,14,18-19,21H2,1-3H3,(H,36,39);2-9H2,1H3/b15-4+;/t22-,23+,26-,29+,33-,34+;/m0./s1. The maximum atomic E-state index is 13.4. The number of likely N-dealkylation sites (tertiary alicyclic amines) is 1. The Morgan fingerprint density at radius 1 is 1.07 bits per heavy atom. The van der Waals surface area contributed by atoms with Crippen LogP contribution in [0.15, 0.2) is 48.6 Å². The van der Waals surface area contributed by atoms with E-state index < -0.39 is 26.8 Å². The minimum Gasteiger partial charge on any atom is -0.490 e. The zero-order chi connectivity index (χ0) is 39.2. The summed E-state index contributed by atoms with van der Waals surface area (Å²) in [4.78, 5) is 30.9. The third-order valence-electron chi connectivity index (χ3n) is 12.9. The summed E-state index contributed by atoms with van der Waals surface area (Å²) < 4.78 is 46.6. The molecule has 12 heteroatoms. The van der Waals surface area contributed by atoms with Crippen molar-refractivity contribution in [3.8, 4) is 5.75 Å². The number of piperidine rings is 1. The Morgan fingerprint density at radius 3 is 2.58 bits per heavy atom. The van der Waals surface area contributed by atoms with Crippen LogP contribution in [0.1, 0.15) is 93.6 Å². The largest absolute Gasteiger partial charge is 0.490 e. The van der Waals surface area contributed by atoms with Gasteiger partial charge in [-0.1, -0.05) is 37.1 Å².